The molecular formula is C7H2Cl2FN3O. The van der Waals surface area contributed by atoms with Crippen molar-refractivity contribution in [3.8, 4) is 0 Å². The van der Waals surface area contributed by atoms with Crippen molar-refractivity contribution in [1.82, 2.24) is 0 Å². The number of nitrogens with zero attached hydrogens (tertiary/aromatic N) is 3. The molecule has 4 nitrogen and oxygen atoms in total. The number of carbonyl (C=O) groups is 1. The van der Waals surface area contributed by atoms with Gasteiger partial charge in [-0.1, -0.05) is 23.2 Å². The Morgan fingerprint density at radius 1 is 1.43 bits per heavy atom. The van der Waals surface area contributed by atoms with Crippen LogP contribution in [0.4, 0.5) is 4.39 Å². The summed E-state index contributed by atoms with van der Waals surface area (Å²) in [7, 11) is 0. The minimum atomic E-state index is -1.70. The number of halogens is 3. The van der Waals surface area contributed by atoms with E-state index in [0.29, 0.717) is 0 Å². The molecule has 2 rings (SSSR count). The van der Waals surface area contributed by atoms with Crippen LogP contribution in [0.3, 0.4) is 0 Å². The number of amides is 1. The second-order valence-corrected chi connectivity index (χ2v) is 3.27. The van der Waals surface area contributed by atoms with E-state index in [0.717, 1.165) is 6.34 Å². The average Bonchev–Trinajstić information content (AvgIpc) is 2.14. The normalized spacial score (nSPS) is 25.9. The highest BCUT2D eigenvalue weighted by Gasteiger charge is 2.35. The van der Waals surface area contributed by atoms with Crippen molar-refractivity contribution in [2.75, 3.05) is 0 Å². The molecule has 0 spiro atoms. The third-order valence-corrected chi connectivity index (χ3v) is 2.25. The summed E-state index contributed by atoms with van der Waals surface area (Å²) in [6.07, 6.45) is -0.738. The number of fused-ring (bicyclic) bond motifs is 1. The first-order valence-electron chi connectivity index (χ1n) is 3.54. The van der Waals surface area contributed by atoms with Crippen molar-refractivity contribution in [1.29, 1.82) is 0 Å². The summed E-state index contributed by atoms with van der Waals surface area (Å²) in [4.78, 5) is 21.6. The highest BCUT2D eigenvalue weighted by atomic mass is 35.5. The van der Waals surface area contributed by atoms with E-state index in [1.165, 1.54) is 0 Å². The van der Waals surface area contributed by atoms with Crippen LogP contribution in [0.15, 0.2) is 25.7 Å². The summed E-state index contributed by atoms with van der Waals surface area (Å²) < 4.78 is 13.4. The summed E-state index contributed by atoms with van der Waals surface area (Å²) in [5.41, 5.74) is -0.249. The molecule has 72 valence electrons. The molecule has 0 N–H and O–H groups in total. The highest BCUT2D eigenvalue weighted by Crippen LogP contribution is 2.26. The van der Waals surface area contributed by atoms with Crippen LogP contribution in [0.1, 0.15) is 0 Å². The van der Waals surface area contributed by atoms with Crippen molar-refractivity contribution in [3.05, 3.63) is 10.7 Å². The SMILES string of the molecule is O=C1N=CN=C2C1=C(Cl)N=C(Cl)C2F. The van der Waals surface area contributed by atoms with E-state index in [9.17, 15) is 9.18 Å². The van der Waals surface area contributed by atoms with Gasteiger partial charge in [-0.15, -0.1) is 0 Å². The molecule has 1 amide bonds. The molecule has 0 saturated heterocycles. The molecule has 0 aliphatic carbocycles. The van der Waals surface area contributed by atoms with Gasteiger partial charge in [0.2, 0.25) is 0 Å². The minimum absolute atomic E-state index is 0.119. The van der Waals surface area contributed by atoms with Gasteiger partial charge < -0.3 is 0 Å². The fourth-order valence-corrected chi connectivity index (χ4v) is 1.59. The first-order chi connectivity index (χ1) is 6.61. The van der Waals surface area contributed by atoms with Gasteiger partial charge in [0.15, 0.2) is 6.17 Å². The number of rotatable bonds is 0. The van der Waals surface area contributed by atoms with E-state index >= 15 is 0 Å². The topological polar surface area (TPSA) is 54.1 Å². The van der Waals surface area contributed by atoms with Crippen molar-refractivity contribution >= 4 is 46.3 Å². The van der Waals surface area contributed by atoms with Crippen molar-refractivity contribution in [2.45, 2.75) is 6.17 Å². The Bertz CT molecular complexity index is 438. The van der Waals surface area contributed by atoms with Gasteiger partial charge in [-0.05, 0) is 0 Å². The summed E-state index contributed by atoms with van der Waals surface area (Å²) in [6.45, 7) is 0. The zero-order chi connectivity index (χ0) is 10.3. The third-order valence-electron chi connectivity index (χ3n) is 1.70. The van der Waals surface area contributed by atoms with Crippen LogP contribution in [0, 0.1) is 0 Å². The van der Waals surface area contributed by atoms with E-state index < -0.39 is 12.1 Å². The molecule has 0 aromatic rings. The van der Waals surface area contributed by atoms with Gasteiger partial charge in [0, 0.05) is 0 Å². The van der Waals surface area contributed by atoms with Crippen molar-refractivity contribution < 1.29 is 9.18 Å². The Balaban J connectivity index is 2.62. The quantitative estimate of drug-likeness (QED) is 0.585. The van der Waals surface area contributed by atoms with Crippen molar-refractivity contribution in [2.24, 2.45) is 15.0 Å². The molecule has 0 aromatic carbocycles. The molecule has 2 heterocycles. The summed E-state index contributed by atoms with van der Waals surface area (Å²) in [6, 6.07) is 0. The first kappa shape index (κ1) is 9.48. The molecular weight excluding hydrogens is 232 g/mol. The number of alkyl halides is 1. The lowest BCUT2D eigenvalue weighted by atomic mass is 10.0. The second kappa shape index (κ2) is 3.25. The van der Waals surface area contributed by atoms with Crippen LogP contribution in [-0.4, -0.2) is 29.3 Å². The monoisotopic (exact) mass is 233 g/mol. The van der Waals surface area contributed by atoms with E-state index in [-0.39, 0.29) is 21.6 Å². The Hall–Kier alpha value is -1.07. The maximum Gasteiger partial charge on any atom is 0.283 e. The van der Waals surface area contributed by atoms with Gasteiger partial charge in [-0.3, -0.25) is 4.79 Å². The smallest absolute Gasteiger partial charge is 0.267 e. The molecule has 0 fully saturated rings. The predicted octanol–water partition coefficient (Wildman–Crippen LogP) is 1.44. The number of aliphatic imine (C=N–C) groups is 3. The van der Waals surface area contributed by atoms with Gasteiger partial charge in [0.1, 0.15) is 22.2 Å². The number of carbonyl (C=O) groups excluding carboxylic acids is 1. The lowest BCUT2D eigenvalue weighted by Gasteiger charge is -2.17. The molecule has 2 aliphatic heterocycles. The van der Waals surface area contributed by atoms with Gasteiger partial charge in [0.05, 0.1) is 5.71 Å². The molecule has 1 unspecified atom stereocenters. The fraction of sp³-hybridized carbons (Fsp3) is 0.143. The lowest BCUT2D eigenvalue weighted by Crippen LogP contribution is -2.32. The lowest BCUT2D eigenvalue weighted by molar-refractivity contribution is -0.113. The molecule has 0 saturated carbocycles. The molecule has 14 heavy (non-hydrogen) atoms. The van der Waals surface area contributed by atoms with Crippen LogP contribution in [-0.2, 0) is 4.79 Å². The number of hydrogen-bond donors (Lipinski definition) is 0. The Morgan fingerprint density at radius 2 is 2.14 bits per heavy atom. The van der Waals surface area contributed by atoms with Crippen LogP contribution >= 0.6 is 23.2 Å². The summed E-state index contributed by atoms with van der Waals surface area (Å²) in [5.74, 6) is -0.657. The van der Waals surface area contributed by atoms with Gasteiger partial charge in [-0.2, -0.15) is 4.99 Å². The summed E-state index contributed by atoms with van der Waals surface area (Å²) in [5, 5.41) is -0.509. The molecule has 0 aromatic heterocycles. The van der Waals surface area contributed by atoms with E-state index in [2.05, 4.69) is 15.0 Å². The Labute approximate surface area is 87.8 Å². The number of hydrogen-bond acceptors (Lipinski definition) is 3. The molecule has 2 aliphatic rings. The van der Waals surface area contributed by atoms with E-state index in [1.807, 2.05) is 0 Å². The minimum Gasteiger partial charge on any atom is -0.267 e. The maximum atomic E-state index is 13.4. The van der Waals surface area contributed by atoms with Crippen LogP contribution in [0.2, 0.25) is 0 Å². The zero-order valence-electron chi connectivity index (χ0n) is 6.54. The zero-order valence-corrected chi connectivity index (χ0v) is 8.05. The molecule has 0 bridgehead atoms. The standard InChI is InChI=1S/C7H2Cl2FN3O/c8-5-2-4(3(10)6(9)13-5)11-1-12-7(2)14/h1,3H. The van der Waals surface area contributed by atoms with Crippen LogP contribution in [0.5, 0.6) is 0 Å². The molecule has 0 radical (unpaired) electrons. The summed E-state index contributed by atoms with van der Waals surface area (Å²) >= 11 is 11.1. The Kier molecular flexibility index (Phi) is 2.20. The largest absolute Gasteiger partial charge is 0.283 e. The Morgan fingerprint density at radius 3 is 2.86 bits per heavy atom. The first-order valence-corrected chi connectivity index (χ1v) is 4.29. The average molecular weight is 234 g/mol. The van der Waals surface area contributed by atoms with Gasteiger partial charge >= 0.3 is 0 Å². The van der Waals surface area contributed by atoms with Crippen LogP contribution < -0.4 is 0 Å². The molecule has 1 atom stereocenters. The van der Waals surface area contributed by atoms with Gasteiger partial charge in [0.25, 0.3) is 5.91 Å². The van der Waals surface area contributed by atoms with E-state index in [4.69, 9.17) is 23.2 Å². The predicted molar refractivity (Wildman–Crippen MR) is 52.0 cm³/mol. The van der Waals surface area contributed by atoms with Crippen molar-refractivity contribution in [3.63, 3.8) is 0 Å². The third kappa shape index (κ3) is 1.29. The highest BCUT2D eigenvalue weighted by molar-refractivity contribution is 6.70. The van der Waals surface area contributed by atoms with Crippen LogP contribution in [0.25, 0.3) is 0 Å². The van der Waals surface area contributed by atoms with E-state index in [1.54, 1.807) is 0 Å². The molecule has 7 heteroatoms. The maximum absolute atomic E-state index is 13.4. The second-order valence-electron chi connectivity index (χ2n) is 2.53. The fourth-order valence-electron chi connectivity index (χ4n) is 1.09. The van der Waals surface area contributed by atoms with Gasteiger partial charge in [-0.25, -0.2) is 14.4 Å².